The lowest BCUT2D eigenvalue weighted by Gasteiger charge is -2.38. The largest absolute Gasteiger partial charge is 0.494 e. The number of hydrogen-bond donors (Lipinski definition) is 2. The van der Waals surface area contributed by atoms with Crippen molar-refractivity contribution in [1.29, 1.82) is 0 Å². The number of rotatable bonds is 6. The van der Waals surface area contributed by atoms with Gasteiger partial charge in [0, 0.05) is 50.9 Å². The van der Waals surface area contributed by atoms with E-state index < -0.39 is 23.6 Å². The Balaban J connectivity index is 1.22. The van der Waals surface area contributed by atoms with Crippen molar-refractivity contribution in [3.63, 3.8) is 0 Å². The predicted molar refractivity (Wildman–Crippen MR) is 158 cm³/mol. The van der Waals surface area contributed by atoms with Crippen LogP contribution in [0.2, 0.25) is 5.02 Å². The van der Waals surface area contributed by atoms with Crippen LogP contribution in [-0.4, -0.2) is 113 Å². The SMILES string of the molecule is COc1ccc(-c2cnc(C(=O)Nc3ccc(C(=O)N4CCN(C(=O)[C@H]5C[C@H](O)C[N+]5(C)C)CC4)c(Cl)c3)n2C)c(F)c1F. The quantitative estimate of drug-likeness (QED) is 0.404. The van der Waals surface area contributed by atoms with E-state index in [0.717, 1.165) is 0 Å². The number of aromatic nitrogens is 2. The summed E-state index contributed by atoms with van der Waals surface area (Å²) in [6, 6.07) is 6.80. The van der Waals surface area contributed by atoms with Gasteiger partial charge in [-0.25, -0.2) is 9.37 Å². The van der Waals surface area contributed by atoms with Gasteiger partial charge in [-0.3, -0.25) is 14.4 Å². The van der Waals surface area contributed by atoms with Gasteiger partial charge in [-0.2, -0.15) is 4.39 Å². The van der Waals surface area contributed by atoms with Gasteiger partial charge in [0.2, 0.25) is 5.82 Å². The van der Waals surface area contributed by atoms with E-state index in [1.54, 1.807) is 9.80 Å². The third-order valence-electron chi connectivity index (χ3n) is 8.38. The lowest BCUT2D eigenvalue weighted by molar-refractivity contribution is -0.894. The van der Waals surface area contributed by atoms with Gasteiger partial charge in [0.15, 0.2) is 23.4 Å². The van der Waals surface area contributed by atoms with Crippen molar-refractivity contribution in [3.8, 4) is 17.0 Å². The number of imidazole rings is 1. The Bertz CT molecular complexity index is 1620. The zero-order valence-electron chi connectivity index (χ0n) is 24.8. The van der Waals surface area contributed by atoms with E-state index in [0.29, 0.717) is 49.3 Å². The molecule has 2 atom stereocenters. The van der Waals surface area contributed by atoms with Crippen LogP contribution in [0.4, 0.5) is 14.5 Å². The molecular formula is C30H34ClF2N6O5+. The molecule has 0 saturated carbocycles. The highest BCUT2D eigenvalue weighted by Gasteiger charge is 2.46. The van der Waals surface area contributed by atoms with Crippen molar-refractivity contribution in [2.24, 2.45) is 7.05 Å². The van der Waals surface area contributed by atoms with Crippen molar-refractivity contribution in [2.45, 2.75) is 18.6 Å². The fourth-order valence-electron chi connectivity index (χ4n) is 5.91. The van der Waals surface area contributed by atoms with Crippen LogP contribution < -0.4 is 10.1 Å². The number of quaternary nitrogens is 1. The molecule has 2 fully saturated rings. The average Bonchev–Trinajstić information content (AvgIpc) is 3.50. The van der Waals surface area contributed by atoms with Crippen LogP contribution in [0.25, 0.3) is 11.3 Å². The van der Waals surface area contributed by atoms with Gasteiger partial charge >= 0.3 is 0 Å². The number of ether oxygens (including phenoxy) is 1. The topological polar surface area (TPSA) is 117 Å². The number of amides is 3. The minimum atomic E-state index is -1.15. The summed E-state index contributed by atoms with van der Waals surface area (Å²) >= 11 is 6.46. The van der Waals surface area contributed by atoms with Gasteiger partial charge in [0.25, 0.3) is 17.7 Å². The fraction of sp³-hybridized carbons (Fsp3) is 0.400. The first-order valence-electron chi connectivity index (χ1n) is 14.1. The Morgan fingerprint density at radius 1 is 1.07 bits per heavy atom. The molecule has 5 rings (SSSR count). The molecule has 1 aromatic heterocycles. The third-order valence-corrected chi connectivity index (χ3v) is 8.69. The number of hydrogen-bond acceptors (Lipinski definition) is 6. The van der Waals surface area contributed by atoms with Crippen LogP contribution >= 0.6 is 11.6 Å². The third kappa shape index (κ3) is 5.86. The van der Waals surface area contributed by atoms with Crippen LogP contribution in [0.3, 0.4) is 0 Å². The second-order valence-electron chi connectivity index (χ2n) is 11.6. The second kappa shape index (κ2) is 12.1. The highest BCUT2D eigenvalue weighted by molar-refractivity contribution is 6.34. The number of halogens is 3. The van der Waals surface area contributed by atoms with E-state index in [4.69, 9.17) is 16.3 Å². The molecule has 0 radical (unpaired) electrons. The first kappa shape index (κ1) is 31.4. The summed E-state index contributed by atoms with van der Waals surface area (Å²) in [5.41, 5.74) is 0.641. The Hall–Kier alpha value is -4.07. The van der Waals surface area contributed by atoms with E-state index in [9.17, 15) is 28.3 Å². The molecule has 2 aliphatic heterocycles. The summed E-state index contributed by atoms with van der Waals surface area (Å²) in [6.45, 7) is 1.95. The smallest absolute Gasteiger partial charge is 0.291 e. The van der Waals surface area contributed by atoms with E-state index in [-0.39, 0.29) is 51.3 Å². The van der Waals surface area contributed by atoms with Crippen LogP contribution in [-0.2, 0) is 11.8 Å². The zero-order chi connectivity index (χ0) is 31.9. The van der Waals surface area contributed by atoms with Gasteiger partial charge in [-0.05, 0) is 30.3 Å². The van der Waals surface area contributed by atoms with Crippen LogP contribution in [0.1, 0.15) is 27.4 Å². The minimum absolute atomic E-state index is 0.0158. The normalized spacial score (nSPS) is 19.6. The molecule has 0 unspecified atom stereocenters. The number of carbonyl (C=O) groups is 3. The van der Waals surface area contributed by atoms with Crippen LogP contribution in [0, 0.1) is 11.6 Å². The van der Waals surface area contributed by atoms with Gasteiger partial charge in [-0.1, -0.05) is 11.6 Å². The van der Waals surface area contributed by atoms with Crippen molar-refractivity contribution in [3.05, 3.63) is 64.6 Å². The highest BCUT2D eigenvalue weighted by Crippen LogP contribution is 2.31. The summed E-state index contributed by atoms with van der Waals surface area (Å²) in [5, 5.41) is 12.8. The van der Waals surface area contributed by atoms with Gasteiger partial charge in [-0.15, -0.1) is 0 Å². The maximum Gasteiger partial charge on any atom is 0.291 e. The van der Waals surface area contributed by atoms with Crippen molar-refractivity contribution >= 4 is 35.0 Å². The molecule has 11 nitrogen and oxygen atoms in total. The van der Waals surface area contributed by atoms with Crippen molar-refractivity contribution in [2.75, 3.05) is 59.2 Å². The van der Waals surface area contributed by atoms with Gasteiger partial charge in [0.05, 0.1) is 43.7 Å². The summed E-state index contributed by atoms with van der Waals surface area (Å²) in [7, 11) is 6.60. The molecule has 2 saturated heterocycles. The Morgan fingerprint density at radius 3 is 2.36 bits per heavy atom. The lowest BCUT2D eigenvalue weighted by Crippen LogP contribution is -2.58. The van der Waals surface area contributed by atoms with Crippen LogP contribution in [0.15, 0.2) is 36.5 Å². The van der Waals surface area contributed by atoms with Crippen LogP contribution in [0.5, 0.6) is 5.75 Å². The van der Waals surface area contributed by atoms with E-state index >= 15 is 0 Å². The molecule has 3 amide bonds. The zero-order valence-corrected chi connectivity index (χ0v) is 25.6. The number of aliphatic hydroxyl groups is 1. The first-order chi connectivity index (χ1) is 20.8. The Labute approximate surface area is 258 Å². The number of carbonyl (C=O) groups excluding carboxylic acids is 3. The second-order valence-corrected chi connectivity index (χ2v) is 12.0. The highest BCUT2D eigenvalue weighted by atomic mass is 35.5. The maximum absolute atomic E-state index is 14.6. The van der Waals surface area contributed by atoms with Crippen molar-refractivity contribution in [1.82, 2.24) is 19.4 Å². The predicted octanol–water partition coefficient (Wildman–Crippen LogP) is 2.77. The number of anilines is 1. The molecule has 234 valence electrons. The number of piperazine rings is 1. The summed E-state index contributed by atoms with van der Waals surface area (Å²) < 4.78 is 35.5. The number of likely N-dealkylation sites (N-methyl/N-ethyl adjacent to an activating group) is 1. The van der Waals surface area contributed by atoms with Gasteiger partial charge in [0.1, 0.15) is 12.6 Å². The van der Waals surface area contributed by atoms with E-state index in [1.165, 1.54) is 55.3 Å². The molecule has 44 heavy (non-hydrogen) atoms. The standard InChI is InChI=1S/C30H33ClF2N6O5/c1-36-22(20-7-8-24(44-4)26(33)25(20)32)15-34-27(36)28(41)35-17-5-6-19(21(31)13-17)29(42)37-9-11-38(12-10-37)30(43)23-14-18(40)16-39(23,2)3/h5-8,13,15,18,23,40H,9-12,14,16H2,1-4H3/p+1/t18-,23+/m0/s1. The molecular weight excluding hydrogens is 598 g/mol. The summed E-state index contributed by atoms with van der Waals surface area (Å²) in [4.78, 5) is 46.9. The molecule has 0 spiro atoms. The number of benzene rings is 2. The molecule has 14 heteroatoms. The van der Waals surface area contributed by atoms with E-state index in [2.05, 4.69) is 10.3 Å². The van der Waals surface area contributed by atoms with Crippen molar-refractivity contribution < 1.29 is 37.5 Å². The molecule has 0 bridgehead atoms. The molecule has 2 aliphatic rings. The number of likely N-dealkylation sites (tertiary alicyclic amines) is 1. The number of methoxy groups -OCH3 is 1. The maximum atomic E-state index is 14.6. The minimum Gasteiger partial charge on any atom is -0.494 e. The Morgan fingerprint density at radius 2 is 1.75 bits per heavy atom. The average molecular weight is 632 g/mol. The number of nitrogens with zero attached hydrogens (tertiary/aromatic N) is 5. The number of nitrogens with one attached hydrogen (secondary N) is 1. The number of aliphatic hydroxyl groups excluding tert-OH is 1. The lowest BCUT2D eigenvalue weighted by atomic mass is 10.1. The van der Waals surface area contributed by atoms with Gasteiger partial charge < -0.3 is 34.0 Å². The first-order valence-corrected chi connectivity index (χ1v) is 14.4. The molecule has 3 aromatic rings. The van der Waals surface area contributed by atoms with E-state index in [1.807, 2.05) is 14.1 Å². The molecule has 0 aliphatic carbocycles. The monoisotopic (exact) mass is 631 g/mol. The molecule has 3 heterocycles. The molecule has 2 aromatic carbocycles. The fourth-order valence-corrected chi connectivity index (χ4v) is 6.17. The molecule has 2 N–H and O–H groups in total. The summed E-state index contributed by atoms with van der Waals surface area (Å²) in [5.74, 6) is -3.52. The summed E-state index contributed by atoms with van der Waals surface area (Å²) in [6.07, 6.45) is 1.18. The Kier molecular flexibility index (Phi) is 8.65.